The summed E-state index contributed by atoms with van der Waals surface area (Å²) in [6.45, 7) is 1.20. The Bertz CT molecular complexity index is 749. The molecule has 1 fully saturated rings. The van der Waals surface area contributed by atoms with Crippen molar-refractivity contribution in [1.82, 2.24) is 9.55 Å². The van der Waals surface area contributed by atoms with E-state index in [0.29, 0.717) is 13.0 Å². The fraction of sp³-hybridized carbons (Fsp3) is 0.500. The van der Waals surface area contributed by atoms with Crippen molar-refractivity contribution in [2.24, 2.45) is 0 Å². The third-order valence-electron chi connectivity index (χ3n) is 4.12. The van der Waals surface area contributed by atoms with Crippen LogP contribution in [-0.2, 0) is 17.5 Å². The maximum atomic E-state index is 12.7. The van der Waals surface area contributed by atoms with E-state index in [9.17, 15) is 18.0 Å². The molecule has 3 rings (SSSR count). The summed E-state index contributed by atoms with van der Waals surface area (Å²) >= 11 is 0. The van der Waals surface area contributed by atoms with Gasteiger partial charge in [0.05, 0.1) is 28.9 Å². The molecule has 1 unspecified atom stereocenters. The quantitative estimate of drug-likeness (QED) is 0.868. The second-order valence-electron chi connectivity index (χ2n) is 5.75. The van der Waals surface area contributed by atoms with Crippen LogP contribution in [0.15, 0.2) is 29.3 Å². The van der Waals surface area contributed by atoms with E-state index < -0.39 is 11.7 Å². The van der Waals surface area contributed by atoms with Gasteiger partial charge in [-0.25, -0.2) is 4.98 Å². The third kappa shape index (κ3) is 3.55. The molecule has 1 atom stereocenters. The van der Waals surface area contributed by atoms with Crippen LogP contribution in [0, 0.1) is 0 Å². The number of halogens is 3. The Morgan fingerprint density at radius 1 is 1.30 bits per heavy atom. The molecule has 23 heavy (non-hydrogen) atoms. The molecule has 1 aliphatic heterocycles. The predicted molar refractivity (Wildman–Crippen MR) is 79.2 cm³/mol. The van der Waals surface area contributed by atoms with Crippen LogP contribution in [0.5, 0.6) is 0 Å². The van der Waals surface area contributed by atoms with Gasteiger partial charge in [0, 0.05) is 13.2 Å². The number of hydrogen-bond acceptors (Lipinski definition) is 3. The summed E-state index contributed by atoms with van der Waals surface area (Å²) in [7, 11) is 0. The molecule has 4 nitrogen and oxygen atoms in total. The molecule has 0 amide bonds. The van der Waals surface area contributed by atoms with Gasteiger partial charge in [0.1, 0.15) is 0 Å². The largest absolute Gasteiger partial charge is 0.416 e. The minimum atomic E-state index is -4.44. The maximum Gasteiger partial charge on any atom is 0.416 e. The van der Waals surface area contributed by atoms with Gasteiger partial charge >= 0.3 is 6.18 Å². The van der Waals surface area contributed by atoms with Gasteiger partial charge in [-0.2, -0.15) is 13.2 Å². The lowest BCUT2D eigenvalue weighted by molar-refractivity contribution is -0.137. The molecule has 2 aromatic rings. The standard InChI is InChI=1S/C16H17F3N2O2/c17-16(18,19)11-4-5-13-14(9-11)20-10-21(15(13)22)7-6-12-3-1-2-8-23-12/h4-5,9-10,12H,1-3,6-8H2. The van der Waals surface area contributed by atoms with Crippen molar-refractivity contribution < 1.29 is 17.9 Å². The number of benzene rings is 1. The molecular weight excluding hydrogens is 309 g/mol. The Hall–Kier alpha value is -1.89. The van der Waals surface area contributed by atoms with Gasteiger partial charge < -0.3 is 4.74 Å². The highest BCUT2D eigenvalue weighted by molar-refractivity contribution is 5.78. The number of aromatic nitrogens is 2. The molecule has 2 heterocycles. The zero-order valence-electron chi connectivity index (χ0n) is 12.5. The van der Waals surface area contributed by atoms with E-state index in [2.05, 4.69) is 4.98 Å². The Morgan fingerprint density at radius 3 is 2.83 bits per heavy atom. The highest BCUT2D eigenvalue weighted by Gasteiger charge is 2.30. The van der Waals surface area contributed by atoms with Gasteiger partial charge in [-0.3, -0.25) is 9.36 Å². The van der Waals surface area contributed by atoms with Crippen LogP contribution in [0.3, 0.4) is 0 Å². The van der Waals surface area contributed by atoms with E-state index in [1.54, 1.807) is 0 Å². The van der Waals surface area contributed by atoms with Crippen molar-refractivity contribution in [1.29, 1.82) is 0 Å². The summed E-state index contributed by atoms with van der Waals surface area (Å²) in [4.78, 5) is 16.4. The first-order chi connectivity index (χ1) is 10.9. The van der Waals surface area contributed by atoms with Gasteiger partial charge in [0.25, 0.3) is 5.56 Å². The fourth-order valence-corrected chi connectivity index (χ4v) is 2.81. The van der Waals surface area contributed by atoms with Crippen LogP contribution in [0.4, 0.5) is 13.2 Å². The second-order valence-corrected chi connectivity index (χ2v) is 5.75. The first-order valence-corrected chi connectivity index (χ1v) is 7.63. The van der Waals surface area contributed by atoms with Gasteiger partial charge in [0.15, 0.2) is 0 Å². The van der Waals surface area contributed by atoms with Gasteiger partial charge in [-0.1, -0.05) is 0 Å². The molecule has 0 radical (unpaired) electrons. The van der Waals surface area contributed by atoms with Gasteiger partial charge in [0.2, 0.25) is 0 Å². The molecule has 1 saturated heterocycles. The fourth-order valence-electron chi connectivity index (χ4n) is 2.81. The summed E-state index contributed by atoms with van der Waals surface area (Å²) in [5.74, 6) is 0. The Balaban J connectivity index is 1.82. The molecule has 0 N–H and O–H groups in total. The number of fused-ring (bicyclic) bond motifs is 1. The minimum absolute atomic E-state index is 0.0648. The summed E-state index contributed by atoms with van der Waals surface area (Å²) in [5.41, 5.74) is -1.06. The van der Waals surface area contributed by atoms with Crippen LogP contribution < -0.4 is 5.56 Å². The number of rotatable bonds is 3. The molecule has 7 heteroatoms. The average molecular weight is 326 g/mol. The zero-order valence-corrected chi connectivity index (χ0v) is 12.5. The van der Waals surface area contributed by atoms with E-state index in [1.165, 1.54) is 17.0 Å². The van der Waals surface area contributed by atoms with Crippen LogP contribution in [-0.4, -0.2) is 22.3 Å². The van der Waals surface area contributed by atoms with E-state index in [1.807, 2.05) is 0 Å². The van der Waals surface area contributed by atoms with Gasteiger partial charge in [-0.15, -0.1) is 0 Å². The number of aryl methyl sites for hydroxylation is 1. The molecule has 0 aliphatic carbocycles. The predicted octanol–water partition coefficient (Wildman–Crippen LogP) is 3.37. The topological polar surface area (TPSA) is 44.1 Å². The molecule has 0 spiro atoms. The van der Waals surface area contributed by atoms with Crippen molar-refractivity contribution in [3.05, 3.63) is 40.4 Å². The molecular formula is C16H17F3N2O2. The molecule has 1 aliphatic rings. The summed E-state index contributed by atoms with van der Waals surface area (Å²) < 4.78 is 45.1. The number of nitrogens with zero attached hydrogens (tertiary/aromatic N) is 2. The lowest BCUT2D eigenvalue weighted by atomic mass is 10.1. The highest BCUT2D eigenvalue weighted by atomic mass is 19.4. The first-order valence-electron chi connectivity index (χ1n) is 7.63. The molecule has 0 saturated carbocycles. The maximum absolute atomic E-state index is 12.7. The van der Waals surface area contributed by atoms with Crippen LogP contribution in [0.25, 0.3) is 10.9 Å². The van der Waals surface area contributed by atoms with Gasteiger partial charge in [-0.05, 0) is 43.9 Å². The van der Waals surface area contributed by atoms with E-state index >= 15 is 0 Å². The van der Waals surface area contributed by atoms with Crippen LogP contribution >= 0.6 is 0 Å². The highest BCUT2D eigenvalue weighted by Crippen LogP contribution is 2.30. The Kier molecular flexibility index (Phi) is 4.39. The van der Waals surface area contributed by atoms with E-state index in [0.717, 1.165) is 38.0 Å². The van der Waals surface area contributed by atoms with Crippen LogP contribution in [0.1, 0.15) is 31.2 Å². The molecule has 124 valence electrons. The normalized spacial score (nSPS) is 19.2. The Labute approximate surface area is 130 Å². The average Bonchev–Trinajstić information content (AvgIpc) is 2.54. The van der Waals surface area contributed by atoms with Crippen molar-refractivity contribution >= 4 is 10.9 Å². The zero-order chi connectivity index (χ0) is 16.4. The monoisotopic (exact) mass is 326 g/mol. The van der Waals surface area contributed by atoms with E-state index in [-0.39, 0.29) is 22.6 Å². The smallest absolute Gasteiger partial charge is 0.378 e. The number of ether oxygens (including phenoxy) is 1. The lowest BCUT2D eigenvalue weighted by Crippen LogP contribution is -2.26. The summed E-state index contributed by atoms with van der Waals surface area (Å²) in [6.07, 6.45) is 0.874. The second kappa shape index (κ2) is 6.31. The van der Waals surface area contributed by atoms with Crippen molar-refractivity contribution in [3.8, 4) is 0 Å². The third-order valence-corrected chi connectivity index (χ3v) is 4.12. The minimum Gasteiger partial charge on any atom is -0.378 e. The van der Waals surface area contributed by atoms with Crippen molar-refractivity contribution in [3.63, 3.8) is 0 Å². The van der Waals surface area contributed by atoms with Crippen molar-refractivity contribution in [2.75, 3.05) is 6.61 Å². The summed E-state index contributed by atoms with van der Waals surface area (Å²) in [6, 6.07) is 3.02. The molecule has 1 aromatic heterocycles. The number of hydrogen-bond donors (Lipinski definition) is 0. The molecule has 1 aromatic carbocycles. The van der Waals surface area contributed by atoms with Crippen LogP contribution in [0.2, 0.25) is 0 Å². The molecule has 0 bridgehead atoms. The summed E-state index contributed by atoms with van der Waals surface area (Å²) in [5, 5.41) is 0.199. The van der Waals surface area contributed by atoms with Crippen molar-refractivity contribution in [2.45, 2.75) is 44.5 Å². The first kappa shape index (κ1) is 16.0. The lowest BCUT2D eigenvalue weighted by Gasteiger charge is -2.22. The number of alkyl halides is 3. The Morgan fingerprint density at radius 2 is 2.13 bits per heavy atom. The SMILES string of the molecule is O=c1c2ccc(C(F)(F)F)cc2ncn1CCC1CCCCO1. The van der Waals surface area contributed by atoms with E-state index in [4.69, 9.17) is 4.74 Å².